The van der Waals surface area contributed by atoms with Crippen molar-refractivity contribution in [3.8, 4) is 0 Å². The molecule has 0 aliphatic carbocycles. The lowest BCUT2D eigenvalue weighted by molar-refractivity contribution is 1.17. The maximum Gasteiger partial charge on any atom is 0.189 e. The number of anilines is 2. The van der Waals surface area contributed by atoms with Gasteiger partial charge in [-0.2, -0.15) is 0 Å². The largest absolute Gasteiger partial charge is 0.384 e. The van der Waals surface area contributed by atoms with E-state index in [-0.39, 0.29) is 5.84 Å². The van der Waals surface area contributed by atoms with Crippen molar-refractivity contribution in [1.29, 1.82) is 5.41 Å². The molecule has 0 saturated carbocycles. The fourth-order valence-electron chi connectivity index (χ4n) is 1.37. The average molecular weight is 232 g/mol. The van der Waals surface area contributed by atoms with Crippen LogP contribution in [0.15, 0.2) is 35.8 Å². The predicted molar refractivity (Wildman–Crippen MR) is 67.6 cm³/mol. The monoisotopic (exact) mass is 232 g/mol. The van der Waals surface area contributed by atoms with E-state index in [1.807, 2.05) is 41.6 Å². The molecule has 0 amide bonds. The first-order chi connectivity index (χ1) is 7.68. The Morgan fingerprint density at radius 1 is 1.50 bits per heavy atom. The molecule has 0 radical (unpaired) electrons. The molecule has 2 aromatic rings. The first-order valence-electron chi connectivity index (χ1n) is 4.76. The van der Waals surface area contributed by atoms with Gasteiger partial charge in [0.15, 0.2) is 5.13 Å². The zero-order valence-electron chi connectivity index (χ0n) is 8.84. The molecule has 82 valence electrons. The standard InChI is InChI=1S/C11H12N4S/c1-15(11-14-5-6-16-11)9-4-2-3-8(7-9)10(12)13/h2-7H,1H3,(H3,12,13). The number of hydrogen-bond acceptors (Lipinski definition) is 4. The summed E-state index contributed by atoms with van der Waals surface area (Å²) in [5.41, 5.74) is 7.15. The van der Waals surface area contributed by atoms with Crippen molar-refractivity contribution in [2.24, 2.45) is 5.73 Å². The van der Waals surface area contributed by atoms with Gasteiger partial charge in [0.25, 0.3) is 0 Å². The summed E-state index contributed by atoms with van der Waals surface area (Å²) >= 11 is 1.57. The molecule has 4 nitrogen and oxygen atoms in total. The van der Waals surface area contributed by atoms with E-state index in [2.05, 4.69) is 4.98 Å². The lowest BCUT2D eigenvalue weighted by Crippen LogP contribution is -2.13. The SMILES string of the molecule is CN(c1cccc(C(=N)N)c1)c1nccs1. The van der Waals surface area contributed by atoms with Crippen LogP contribution in [0.4, 0.5) is 10.8 Å². The lowest BCUT2D eigenvalue weighted by Gasteiger charge is -2.16. The van der Waals surface area contributed by atoms with Crippen molar-refractivity contribution in [1.82, 2.24) is 4.98 Å². The maximum absolute atomic E-state index is 7.39. The number of amidine groups is 1. The van der Waals surface area contributed by atoms with Gasteiger partial charge in [0, 0.05) is 29.9 Å². The maximum atomic E-state index is 7.39. The van der Waals surface area contributed by atoms with Crippen molar-refractivity contribution in [2.45, 2.75) is 0 Å². The Morgan fingerprint density at radius 2 is 2.31 bits per heavy atom. The second-order valence-electron chi connectivity index (χ2n) is 3.34. The van der Waals surface area contributed by atoms with Gasteiger partial charge in [-0.25, -0.2) is 4.98 Å². The van der Waals surface area contributed by atoms with E-state index in [0.29, 0.717) is 0 Å². The minimum atomic E-state index is 0.0781. The summed E-state index contributed by atoms with van der Waals surface area (Å²) in [6.45, 7) is 0. The van der Waals surface area contributed by atoms with Crippen LogP contribution in [0.25, 0.3) is 0 Å². The minimum absolute atomic E-state index is 0.0781. The Hall–Kier alpha value is -1.88. The van der Waals surface area contributed by atoms with Gasteiger partial charge in [0.05, 0.1) is 0 Å². The first kappa shape index (κ1) is 10.6. The number of nitrogens with zero attached hydrogens (tertiary/aromatic N) is 2. The van der Waals surface area contributed by atoms with Crippen molar-refractivity contribution < 1.29 is 0 Å². The zero-order valence-corrected chi connectivity index (χ0v) is 9.66. The van der Waals surface area contributed by atoms with Gasteiger partial charge in [-0.05, 0) is 12.1 Å². The number of thiazole rings is 1. The first-order valence-corrected chi connectivity index (χ1v) is 5.64. The Balaban J connectivity index is 2.34. The normalized spacial score (nSPS) is 10.1. The highest BCUT2D eigenvalue weighted by Crippen LogP contribution is 2.25. The van der Waals surface area contributed by atoms with Crippen molar-refractivity contribution in [2.75, 3.05) is 11.9 Å². The zero-order chi connectivity index (χ0) is 11.5. The van der Waals surface area contributed by atoms with Crippen LogP contribution in [0, 0.1) is 5.41 Å². The third-order valence-electron chi connectivity index (χ3n) is 2.25. The summed E-state index contributed by atoms with van der Waals surface area (Å²) in [7, 11) is 1.94. The number of aromatic nitrogens is 1. The van der Waals surface area contributed by atoms with E-state index in [1.165, 1.54) is 0 Å². The summed E-state index contributed by atoms with van der Waals surface area (Å²) in [4.78, 5) is 6.20. The molecule has 1 aromatic carbocycles. The molecule has 0 saturated heterocycles. The van der Waals surface area contributed by atoms with Crippen LogP contribution in [0.3, 0.4) is 0 Å². The molecule has 1 aromatic heterocycles. The number of benzene rings is 1. The van der Waals surface area contributed by atoms with Crippen LogP contribution >= 0.6 is 11.3 Å². The summed E-state index contributed by atoms with van der Waals surface area (Å²) in [5.74, 6) is 0.0781. The van der Waals surface area contributed by atoms with E-state index in [4.69, 9.17) is 11.1 Å². The van der Waals surface area contributed by atoms with Gasteiger partial charge in [-0.15, -0.1) is 11.3 Å². The Kier molecular flexibility index (Phi) is 2.87. The molecular formula is C11H12N4S. The highest BCUT2D eigenvalue weighted by atomic mass is 32.1. The summed E-state index contributed by atoms with van der Waals surface area (Å²) < 4.78 is 0. The molecule has 0 aliphatic rings. The van der Waals surface area contributed by atoms with Crippen LogP contribution in [-0.2, 0) is 0 Å². The molecule has 0 bridgehead atoms. The van der Waals surface area contributed by atoms with Crippen molar-refractivity contribution in [3.63, 3.8) is 0 Å². The van der Waals surface area contributed by atoms with Gasteiger partial charge in [-0.1, -0.05) is 12.1 Å². The van der Waals surface area contributed by atoms with Gasteiger partial charge in [0.1, 0.15) is 5.84 Å². The number of nitrogen functional groups attached to an aromatic ring is 1. The van der Waals surface area contributed by atoms with Crippen molar-refractivity contribution in [3.05, 3.63) is 41.4 Å². The molecule has 0 unspecified atom stereocenters. The molecule has 2 rings (SSSR count). The molecule has 0 aliphatic heterocycles. The highest BCUT2D eigenvalue weighted by Gasteiger charge is 2.07. The molecule has 5 heteroatoms. The van der Waals surface area contributed by atoms with Crippen LogP contribution in [0.2, 0.25) is 0 Å². The fraction of sp³-hybridized carbons (Fsp3) is 0.0909. The van der Waals surface area contributed by atoms with Crippen LogP contribution in [0.1, 0.15) is 5.56 Å². The fourth-order valence-corrected chi connectivity index (χ4v) is 2.00. The van der Waals surface area contributed by atoms with Gasteiger partial charge in [-0.3, -0.25) is 5.41 Å². The van der Waals surface area contributed by atoms with Crippen LogP contribution in [-0.4, -0.2) is 17.9 Å². The smallest absolute Gasteiger partial charge is 0.189 e. The number of hydrogen-bond donors (Lipinski definition) is 2. The quantitative estimate of drug-likeness (QED) is 0.629. The minimum Gasteiger partial charge on any atom is -0.384 e. The molecule has 3 N–H and O–H groups in total. The van der Waals surface area contributed by atoms with Gasteiger partial charge >= 0.3 is 0 Å². The molecule has 16 heavy (non-hydrogen) atoms. The number of nitrogens with two attached hydrogens (primary N) is 1. The predicted octanol–water partition coefficient (Wildman–Crippen LogP) is 2.20. The molecule has 0 spiro atoms. The van der Waals surface area contributed by atoms with E-state index in [0.717, 1.165) is 16.4 Å². The van der Waals surface area contributed by atoms with Crippen molar-refractivity contribution >= 4 is 28.0 Å². The summed E-state index contributed by atoms with van der Waals surface area (Å²) in [6.07, 6.45) is 1.77. The molecule has 1 heterocycles. The average Bonchev–Trinajstić information content (AvgIpc) is 2.81. The molecular weight excluding hydrogens is 220 g/mol. The van der Waals surface area contributed by atoms with E-state index in [1.54, 1.807) is 17.5 Å². The van der Waals surface area contributed by atoms with E-state index >= 15 is 0 Å². The lowest BCUT2D eigenvalue weighted by atomic mass is 10.2. The Morgan fingerprint density at radius 3 is 2.94 bits per heavy atom. The summed E-state index contributed by atoms with van der Waals surface area (Å²) in [5, 5.41) is 10.2. The number of rotatable bonds is 3. The summed E-state index contributed by atoms with van der Waals surface area (Å²) in [6, 6.07) is 7.55. The van der Waals surface area contributed by atoms with Gasteiger partial charge in [0.2, 0.25) is 0 Å². The number of nitrogens with one attached hydrogen (secondary N) is 1. The van der Waals surface area contributed by atoms with E-state index in [9.17, 15) is 0 Å². The second kappa shape index (κ2) is 4.32. The van der Waals surface area contributed by atoms with Crippen LogP contribution < -0.4 is 10.6 Å². The molecule has 0 fully saturated rings. The van der Waals surface area contributed by atoms with Crippen LogP contribution in [0.5, 0.6) is 0 Å². The Bertz CT molecular complexity index is 492. The Labute approximate surface area is 97.9 Å². The third-order valence-corrected chi connectivity index (χ3v) is 3.10. The van der Waals surface area contributed by atoms with E-state index < -0.39 is 0 Å². The third kappa shape index (κ3) is 2.04. The second-order valence-corrected chi connectivity index (χ2v) is 4.21. The topological polar surface area (TPSA) is 66.0 Å². The van der Waals surface area contributed by atoms with Gasteiger partial charge < -0.3 is 10.6 Å². The highest BCUT2D eigenvalue weighted by molar-refractivity contribution is 7.13. The molecule has 0 atom stereocenters.